The van der Waals surface area contributed by atoms with Gasteiger partial charge in [0.2, 0.25) is 0 Å². The SMILES string of the molecule is COc1c(Cl)c(C)c(C=O)c(O)c1C/C=C(C)/C=C/[C@@]1(C)[C@H](C)CC/C(=N\O)[C@@H]1C. The average Bonchev–Trinajstić information content (AvgIpc) is 2.73. The van der Waals surface area contributed by atoms with Gasteiger partial charge in [-0.15, -0.1) is 0 Å². The van der Waals surface area contributed by atoms with Crippen molar-refractivity contribution in [3.63, 3.8) is 0 Å². The maximum Gasteiger partial charge on any atom is 0.154 e. The summed E-state index contributed by atoms with van der Waals surface area (Å²) in [4.78, 5) is 11.4. The zero-order chi connectivity index (χ0) is 22.6. The van der Waals surface area contributed by atoms with Crippen molar-refractivity contribution in [2.75, 3.05) is 7.11 Å². The van der Waals surface area contributed by atoms with Crippen LogP contribution in [0.1, 0.15) is 62.0 Å². The molecule has 0 saturated heterocycles. The van der Waals surface area contributed by atoms with E-state index in [9.17, 15) is 15.1 Å². The van der Waals surface area contributed by atoms with Crippen LogP contribution in [0.25, 0.3) is 0 Å². The van der Waals surface area contributed by atoms with Crippen LogP contribution < -0.4 is 4.74 Å². The molecule has 6 heteroatoms. The Balaban J connectivity index is 2.33. The third kappa shape index (κ3) is 4.41. The molecule has 0 radical (unpaired) electrons. The Morgan fingerprint density at radius 2 is 2.07 bits per heavy atom. The van der Waals surface area contributed by atoms with Crippen LogP contribution in [0.3, 0.4) is 0 Å². The van der Waals surface area contributed by atoms with Crippen molar-refractivity contribution in [1.29, 1.82) is 0 Å². The monoisotopic (exact) mass is 433 g/mol. The number of methoxy groups -OCH3 is 1. The number of hydrogen-bond donors (Lipinski definition) is 2. The van der Waals surface area contributed by atoms with E-state index in [-0.39, 0.29) is 22.6 Å². The second-order valence-electron chi connectivity index (χ2n) is 8.44. The number of rotatable bonds is 6. The van der Waals surface area contributed by atoms with Crippen LogP contribution in [0.4, 0.5) is 0 Å². The third-order valence-electron chi connectivity index (χ3n) is 6.86. The Hall–Kier alpha value is -2.27. The highest BCUT2D eigenvalue weighted by Gasteiger charge is 2.40. The number of benzene rings is 1. The Morgan fingerprint density at radius 1 is 1.40 bits per heavy atom. The van der Waals surface area contributed by atoms with Gasteiger partial charge in [-0.05, 0) is 50.0 Å². The molecule has 0 bridgehead atoms. The molecule has 0 heterocycles. The molecule has 3 atom stereocenters. The quantitative estimate of drug-likeness (QED) is 0.245. The van der Waals surface area contributed by atoms with E-state index in [0.717, 1.165) is 24.1 Å². The van der Waals surface area contributed by atoms with Gasteiger partial charge in [-0.25, -0.2) is 0 Å². The van der Waals surface area contributed by atoms with Gasteiger partial charge in [0.1, 0.15) is 11.5 Å². The molecule has 30 heavy (non-hydrogen) atoms. The first kappa shape index (κ1) is 24.0. The van der Waals surface area contributed by atoms with Crippen molar-refractivity contribution in [1.82, 2.24) is 0 Å². The van der Waals surface area contributed by atoms with Crippen LogP contribution in [-0.4, -0.2) is 29.4 Å². The van der Waals surface area contributed by atoms with Crippen LogP contribution >= 0.6 is 11.6 Å². The molecule has 1 fully saturated rings. The van der Waals surface area contributed by atoms with E-state index < -0.39 is 0 Å². The first-order valence-corrected chi connectivity index (χ1v) is 10.6. The first-order chi connectivity index (χ1) is 14.1. The lowest BCUT2D eigenvalue weighted by atomic mass is 9.61. The van der Waals surface area contributed by atoms with Gasteiger partial charge in [-0.1, -0.05) is 61.3 Å². The molecule has 1 aromatic rings. The molecule has 0 unspecified atom stereocenters. The molecule has 0 spiro atoms. The van der Waals surface area contributed by atoms with Crippen LogP contribution in [0.2, 0.25) is 5.02 Å². The number of halogens is 1. The van der Waals surface area contributed by atoms with Crippen molar-refractivity contribution in [2.24, 2.45) is 22.4 Å². The van der Waals surface area contributed by atoms with Crippen molar-refractivity contribution < 1.29 is 19.8 Å². The van der Waals surface area contributed by atoms with E-state index in [1.54, 1.807) is 6.92 Å². The zero-order valence-corrected chi connectivity index (χ0v) is 19.4. The molecule has 0 aliphatic heterocycles. The maximum atomic E-state index is 11.4. The fraction of sp³-hybridized carbons (Fsp3) is 0.500. The fourth-order valence-corrected chi connectivity index (χ4v) is 4.47. The summed E-state index contributed by atoms with van der Waals surface area (Å²) in [6, 6.07) is 0. The van der Waals surface area contributed by atoms with Crippen molar-refractivity contribution in [3.05, 3.63) is 45.5 Å². The Kier molecular flexibility index (Phi) is 7.75. The minimum absolute atomic E-state index is 0.0953. The maximum absolute atomic E-state index is 11.4. The number of allylic oxidation sites excluding steroid dienone is 4. The number of carbonyl (C=O) groups excluding carboxylic acids is 1. The van der Waals surface area contributed by atoms with Crippen molar-refractivity contribution in [3.8, 4) is 11.5 Å². The normalized spacial score (nSPS) is 26.4. The number of nitrogens with zero attached hydrogens (tertiary/aromatic N) is 1. The molecule has 2 N–H and O–H groups in total. The fourth-order valence-electron chi connectivity index (χ4n) is 4.18. The molecule has 0 aromatic heterocycles. The van der Waals surface area contributed by atoms with E-state index in [4.69, 9.17) is 16.3 Å². The molecular formula is C24H32ClNO4. The molecule has 164 valence electrons. The number of aromatic hydroxyl groups is 1. The predicted molar refractivity (Wildman–Crippen MR) is 121 cm³/mol. The highest BCUT2D eigenvalue weighted by atomic mass is 35.5. The predicted octanol–water partition coefficient (Wildman–Crippen LogP) is 6.12. The van der Waals surface area contributed by atoms with Gasteiger partial charge in [0, 0.05) is 11.5 Å². The zero-order valence-electron chi connectivity index (χ0n) is 18.6. The summed E-state index contributed by atoms with van der Waals surface area (Å²) in [7, 11) is 1.49. The van der Waals surface area contributed by atoms with E-state index in [0.29, 0.717) is 40.5 Å². The van der Waals surface area contributed by atoms with Gasteiger partial charge in [-0.2, -0.15) is 0 Å². The van der Waals surface area contributed by atoms with Crippen LogP contribution in [0.15, 0.2) is 29.0 Å². The van der Waals surface area contributed by atoms with Gasteiger partial charge < -0.3 is 15.1 Å². The second-order valence-corrected chi connectivity index (χ2v) is 8.81. The van der Waals surface area contributed by atoms with Crippen LogP contribution in [0, 0.1) is 24.2 Å². The van der Waals surface area contributed by atoms with Crippen LogP contribution in [-0.2, 0) is 6.42 Å². The molecule has 1 aromatic carbocycles. The molecule has 1 aliphatic carbocycles. The number of hydrogen-bond acceptors (Lipinski definition) is 5. The molecule has 0 amide bonds. The lowest BCUT2D eigenvalue weighted by molar-refractivity contribution is 0.112. The van der Waals surface area contributed by atoms with E-state index in [2.05, 4.69) is 38.1 Å². The highest BCUT2D eigenvalue weighted by Crippen LogP contribution is 2.45. The third-order valence-corrected chi connectivity index (χ3v) is 7.31. The summed E-state index contributed by atoms with van der Waals surface area (Å²) in [6.07, 6.45) is 9.01. The van der Waals surface area contributed by atoms with E-state index >= 15 is 0 Å². The summed E-state index contributed by atoms with van der Waals surface area (Å²) in [5.74, 6) is 0.889. The lowest BCUT2D eigenvalue weighted by Gasteiger charge is -2.43. The average molecular weight is 434 g/mol. The Labute approximate surface area is 184 Å². The smallest absolute Gasteiger partial charge is 0.154 e. The minimum Gasteiger partial charge on any atom is -0.507 e. The summed E-state index contributed by atoms with van der Waals surface area (Å²) >= 11 is 6.35. The van der Waals surface area contributed by atoms with Gasteiger partial charge in [-0.3, -0.25) is 4.79 Å². The van der Waals surface area contributed by atoms with Crippen LogP contribution in [0.5, 0.6) is 11.5 Å². The second kappa shape index (κ2) is 9.69. The number of aldehydes is 1. The molecule has 5 nitrogen and oxygen atoms in total. The minimum atomic E-state index is -0.118. The van der Waals surface area contributed by atoms with E-state index in [1.807, 2.05) is 13.0 Å². The number of oxime groups is 1. The van der Waals surface area contributed by atoms with Crippen molar-refractivity contribution >= 4 is 23.6 Å². The standard InChI is InChI=1S/C24H32ClNO4/c1-14(11-12-24(5)15(2)8-10-20(26-29)17(24)4)7-9-18-22(28)19(13-27)16(3)21(25)23(18)30-6/h7,11-13,15,17,28-29H,8-10H2,1-6H3/b12-11+,14-7+,26-20+/t15-,17+,24+/m1/s1. The summed E-state index contributed by atoms with van der Waals surface area (Å²) in [5, 5.41) is 23.7. The number of phenolic OH excluding ortho intramolecular Hbond substituents is 1. The largest absolute Gasteiger partial charge is 0.507 e. The summed E-state index contributed by atoms with van der Waals surface area (Å²) < 4.78 is 5.40. The Bertz CT molecular complexity index is 903. The van der Waals surface area contributed by atoms with E-state index in [1.165, 1.54) is 7.11 Å². The summed E-state index contributed by atoms with van der Waals surface area (Å²) in [5.41, 5.74) is 2.91. The van der Waals surface area contributed by atoms with Gasteiger partial charge in [0.05, 0.1) is 23.4 Å². The molecule has 1 saturated carbocycles. The molecule has 1 aliphatic rings. The lowest BCUT2D eigenvalue weighted by Crippen LogP contribution is -2.40. The Morgan fingerprint density at radius 3 is 2.63 bits per heavy atom. The highest BCUT2D eigenvalue weighted by molar-refractivity contribution is 6.33. The molecule has 2 rings (SSSR count). The first-order valence-electron chi connectivity index (χ1n) is 10.2. The number of ether oxygens (including phenoxy) is 1. The summed E-state index contributed by atoms with van der Waals surface area (Å²) in [6.45, 7) is 10.2. The molecular weight excluding hydrogens is 402 g/mol. The van der Waals surface area contributed by atoms with Crippen molar-refractivity contribution in [2.45, 2.75) is 53.9 Å². The topological polar surface area (TPSA) is 79.1 Å². The number of phenols is 1. The van der Waals surface area contributed by atoms with Gasteiger partial charge >= 0.3 is 0 Å². The van der Waals surface area contributed by atoms with Gasteiger partial charge in [0.25, 0.3) is 0 Å². The van der Waals surface area contributed by atoms with Gasteiger partial charge in [0.15, 0.2) is 6.29 Å². The number of carbonyl (C=O) groups is 1.